The molecular weight excluding hydrogens is 785 g/mol. The van der Waals surface area contributed by atoms with Crippen molar-refractivity contribution in [1.29, 1.82) is 0 Å². The second-order valence-corrected chi connectivity index (χ2v) is 19.3. The van der Waals surface area contributed by atoms with Gasteiger partial charge >= 0.3 is 0 Å². The van der Waals surface area contributed by atoms with Crippen molar-refractivity contribution in [2.24, 2.45) is 0 Å². The molecule has 0 N–H and O–H groups in total. The summed E-state index contributed by atoms with van der Waals surface area (Å²) in [6.45, 7) is 15.9. The predicted molar refractivity (Wildman–Crippen MR) is 202 cm³/mol. The minimum absolute atomic E-state index is 0. The van der Waals surface area contributed by atoms with Crippen molar-refractivity contribution in [2.45, 2.75) is 53.3 Å². The number of thiophene rings is 1. The van der Waals surface area contributed by atoms with Crippen LogP contribution in [-0.4, -0.2) is 18.0 Å². The predicted octanol–water partition coefficient (Wildman–Crippen LogP) is 11.4. The standard InChI is InChI=1S/C27H22NS.C15H18NSi.Ir/c1-17(2)23-15-24(28-16-18(23)3)21-12-7-13-22-26-20(19-9-5-4-6-10-19)11-8-14-25(26)29-27(21)22;1-12-10-14(13-8-6-5-7-9-13)16-11-15(12)17(2,3)4;/h4-11,13-17H,1-3H3;5-8,10-11H,1-4H3;/q2*-1;. The quantitative estimate of drug-likeness (QED) is 0.128. The topological polar surface area (TPSA) is 25.8 Å². The Bertz CT molecular complexity index is 2130. The Morgan fingerprint density at radius 3 is 2.15 bits per heavy atom. The molecule has 1 radical (unpaired) electrons. The first-order chi connectivity index (χ1) is 22.1. The molecule has 3 aromatic heterocycles. The number of fused-ring (bicyclic) bond motifs is 3. The molecule has 0 aliphatic carbocycles. The summed E-state index contributed by atoms with van der Waals surface area (Å²) in [5.41, 5.74) is 10.7. The summed E-state index contributed by atoms with van der Waals surface area (Å²) in [6.07, 6.45) is 4.05. The number of pyridine rings is 2. The van der Waals surface area contributed by atoms with E-state index in [1.165, 1.54) is 53.2 Å². The Morgan fingerprint density at radius 2 is 1.47 bits per heavy atom. The number of nitrogens with zero attached hydrogens (tertiary/aromatic N) is 2. The van der Waals surface area contributed by atoms with E-state index in [1.807, 2.05) is 41.8 Å². The second kappa shape index (κ2) is 14.6. The van der Waals surface area contributed by atoms with E-state index in [0.29, 0.717) is 5.92 Å². The van der Waals surface area contributed by atoms with E-state index in [4.69, 9.17) is 4.98 Å². The molecule has 0 fully saturated rings. The smallest absolute Gasteiger partial charge is 0.0798 e. The number of hydrogen-bond acceptors (Lipinski definition) is 3. The average molecular weight is 825 g/mol. The molecule has 239 valence electrons. The van der Waals surface area contributed by atoms with Crippen molar-refractivity contribution in [3.8, 4) is 33.6 Å². The molecule has 0 spiro atoms. The van der Waals surface area contributed by atoms with Crippen LogP contribution in [0.3, 0.4) is 0 Å². The second-order valence-electron chi connectivity index (χ2n) is 13.2. The fourth-order valence-corrected chi connectivity index (χ4v) is 9.12. The first kappa shape index (κ1) is 34.6. The molecule has 0 aliphatic rings. The molecule has 2 nitrogen and oxygen atoms in total. The van der Waals surface area contributed by atoms with E-state index in [1.54, 1.807) is 0 Å². The normalized spacial score (nSPS) is 11.3. The molecule has 0 saturated carbocycles. The molecule has 0 aliphatic heterocycles. The van der Waals surface area contributed by atoms with Gasteiger partial charge in [-0.15, -0.1) is 59.7 Å². The average Bonchev–Trinajstić information content (AvgIpc) is 3.45. The van der Waals surface area contributed by atoms with E-state index < -0.39 is 8.07 Å². The van der Waals surface area contributed by atoms with Crippen molar-refractivity contribution in [3.63, 3.8) is 0 Å². The monoisotopic (exact) mass is 825 g/mol. The van der Waals surface area contributed by atoms with Gasteiger partial charge in [0.1, 0.15) is 0 Å². The largest absolute Gasteiger partial charge is 0.305 e. The minimum atomic E-state index is -1.27. The molecule has 47 heavy (non-hydrogen) atoms. The molecule has 0 atom stereocenters. The zero-order valence-corrected chi connectivity index (χ0v) is 32.3. The van der Waals surface area contributed by atoms with Crippen molar-refractivity contribution in [1.82, 2.24) is 9.97 Å². The van der Waals surface area contributed by atoms with Crippen LogP contribution < -0.4 is 5.19 Å². The number of aromatic nitrogens is 2. The van der Waals surface area contributed by atoms with Gasteiger partial charge in [-0.1, -0.05) is 99.0 Å². The molecular formula is C42H40IrN2SSi-2. The van der Waals surface area contributed by atoms with Gasteiger partial charge in [-0.25, -0.2) is 0 Å². The Balaban J connectivity index is 0.000000207. The maximum Gasteiger partial charge on any atom is 0.0798 e. The Hall–Kier alpha value is -3.73. The van der Waals surface area contributed by atoms with Gasteiger partial charge in [0.2, 0.25) is 0 Å². The van der Waals surface area contributed by atoms with Gasteiger partial charge in [0, 0.05) is 37.2 Å². The maximum absolute atomic E-state index is 4.77. The number of rotatable bonds is 5. The van der Waals surface area contributed by atoms with Gasteiger partial charge < -0.3 is 9.97 Å². The van der Waals surface area contributed by atoms with Gasteiger partial charge in [0.05, 0.1) is 8.07 Å². The van der Waals surface area contributed by atoms with Crippen LogP contribution in [-0.2, 0) is 20.1 Å². The minimum Gasteiger partial charge on any atom is -0.305 e. The summed E-state index contributed by atoms with van der Waals surface area (Å²) >= 11 is 1.84. The van der Waals surface area contributed by atoms with Crippen LogP contribution in [0.15, 0.2) is 109 Å². The van der Waals surface area contributed by atoms with Crippen molar-refractivity contribution in [3.05, 3.63) is 138 Å². The third-order valence-corrected chi connectivity index (χ3v) is 11.8. The van der Waals surface area contributed by atoms with E-state index in [9.17, 15) is 0 Å². The first-order valence-electron chi connectivity index (χ1n) is 15.9. The van der Waals surface area contributed by atoms with Crippen LogP contribution in [0.1, 0.15) is 36.5 Å². The van der Waals surface area contributed by atoms with Crippen LogP contribution in [0.2, 0.25) is 19.6 Å². The van der Waals surface area contributed by atoms with Crippen LogP contribution in [0.4, 0.5) is 0 Å². The molecule has 7 aromatic rings. The third kappa shape index (κ3) is 7.39. The summed E-state index contributed by atoms with van der Waals surface area (Å²) in [6, 6.07) is 40.6. The Labute approximate surface area is 298 Å². The van der Waals surface area contributed by atoms with E-state index in [0.717, 1.165) is 22.5 Å². The maximum atomic E-state index is 4.77. The van der Waals surface area contributed by atoms with E-state index >= 15 is 0 Å². The summed E-state index contributed by atoms with van der Waals surface area (Å²) in [5.74, 6) is 0.475. The van der Waals surface area contributed by atoms with E-state index in [2.05, 4.69) is 143 Å². The number of benzene rings is 4. The first-order valence-corrected chi connectivity index (χ1v) is 20.3. The van der Waals surface area contributed by atoms with Gasteiger partial charge in [-0.3, -0.25) is 0 Å². The Kier molecular flexibility index (Phi) is 10.7. The molecule has 0 unspecified atom stereocenters. The van der Waals surface area contributed by atoms with Gasteiger partial charge in [-0.05, 0) is 74.7 Å². The molecule has 5 heteroatoms. The summed E-state index contributed by atoms with van der Waals surface area (Å²) in [7, 11) is -1.27. The molecule has 3 heterocycles. The van der Waals surface area contributed by atoms with Crippen LogP contribution >= 0.6 is 11.3 Å². The van der Waals surface area contributed by atoms with Crippen LogP contribution in [0.5, 0.6) is 0 Å². The molecule has 0 bridgehead atoms. The van der Waals surface area contributed by atoms with Crippen LogP contribution in [0.25, 0.3) is 53.8 Å². The van der Waals surface area contributed by atoms with Crippen molar-refractivity contribution >= 4 is 44.8 Å². The summed E-state index contributed by atoms with van der Waals surface area (Å²) in [5, 5.41) is 4.05. The fourth-order valence-electron chi connectivity index (χ4n) is 6.18. The molecule has 4 aromatic carbocycles. The zero-order chi connectivity index (χ0) is 32.4. The fraction of sp³-hybridized carbons (Fsp3) is 0.190. The SMILES string of the molecule is Cc1cc(-c2[c-]cccc2)ncc1[Si](C)(C)C.Cc1cnc(-c2[c-]ccc3c2sc2cccc(-c4ccccc4)c23)cc1C(C)C.[Ir]. The molecule has 0 saturated heterocycles. The van der Waals surface area contributed by atoms with Gasteiger partial charge in [0.25, 0.3) is 0 Å². The number of aryl methyl sites for hydroxylation is 2. The molecule has 0 amide bonds. The summed E-state index contributed by atoms with van der Waals surface area (Å²) in [4.78, 5) is 9.35. The van der Waals surface area contributed by atoms with Crippen molar-refractivity contribution < 1.29 is 20.1 Å². The third-order valence-electron chi connectivity index (χ3n) is 8.47. The van der Waals surface area contributed by atoms with Gasteiger partial charge in [-0.2, -0.15) is 11.3 Å². The van der Waals surface area contributed by atoms with Gasteiger partial charge in [0.15, 0.2) is 0 Å². The zero-order valence-electron chi connectivity index (χ0n) is 28.1. The van der Waals surface area contributed by atoms with E-state index in [-0.39, 0.29) is 20.1 Å². The van der Waals surface area contributed by atoms with Crippen molar-refractivity contribution in [2.75, 3.05) is 0 Å². The van der Waals surface area contributed by atoms with Crippen LogP contribution in [0, 0.1) is 26.0 Å². The Morgan fingerprint density at radius 1 is 0.723 bits per heavy atom. The molecule has 7 rings (SSSR count). The summed E-state index contributed by atoms with van der Waals surface area (Å²) < 4.78 is 2.57. The number of hydrogen-bond donors (Lipinski definition) is 0.